The molecule has 0 aliphatic heterocycles. The van der Waals surface area contributed by atoms with Crippen LogP contribution in [0.25, 0.3) is 0 Å². The molecule has 0 unspecified atom stereocenters. The summed E-state index contributed by atoms with van der Waals surface area (Å²) in [6.45, 7) is 2.33. The van der Waals surface area contributed by atoms with E-state index in [4.69, 9.17) is 21.1 Å². The minimum absolute atomic E-state index is 0.000523. The lowest BCUT2D eigenvalue weighted by molar-refractivity contribution is -0.384. The van der Waals surface area contributed by atoms with Crippen LogP contribution in [0.3, 0.4) is 0 Å². The maximum atomic E-state index is 12.2. The predicted molar refractivity (Wildman–Crippen MR) is 124 cm³/mol. The molecule has 0 saturated heterocycles. The summed E-state index contributed by atoms with van der Waals surface area (Å²) in [7, 11) is 0. The first-order valence-corrected chi connectivity index (χ1v) is 10.2. The second-order valence-corrected chi connectivity index (χ2v) is 7.11. The molecule has 2 N–H and O–H groups in total. The fraction of sp³-hybridized carbons (Fsp3) is 0.174. The molecule has 0 atom stereocenters. The van der Waals surface area contributed by atoms with Gasteiger partial charge in [-0.3, -0.25) is 14.9 Å². The number of nitrogens with one attached hydrogen (secondary N) is 2. The van der Waals surface area contributed by atoms with Crippen LogP contribution in [0.2, 0.25) is 5.02 Å². The zero-order valence-corrected chi connectivity index (χ0v) is 18.1. The Morgan fingerprint density at radius 1 is 1.03 bits per heavy atom. The Labute approximate surface area is 190 Å². The first-order chi connectivity index (χ1) is 15.5. The van der Waals surface area contributed by atoms with Gasteiger partial charge in [0.1, 0.15) is 0 Å². The van der Waals surface area contributed by atoms with Crippen LogP contribution in [0.1, 0.15) is 12.5 Å². The lowest BCUT2D eigenvalue weighted by Gasteiger charge is -2.16. The van der Waals surface area contributed by atoms with Gasteiger partial charge in [-0.25, -0.2) is 0 Å². The van der Waals surface area contributed by atoms with Crippen LogP contribution < -0.4 is 20.1 Å². The van der Waals surface area contributed by atoms with Crippen molar-refractivity contribution in [3.63, 3.8) is 0 Å². The topological polar surface area (TPSA) is 103 Å². The molecular weight excluding hydrogens is 434 g/mol. The van der Waals surface area contributed by atoms with Crippen molar-refractivity contribution in [1.29, 1.82) is 0 Å². The van der Waals surface area contributed by atoms with E-state index in [0.717, 1.165) is 5.56 Å². The number of ether oxygens (including phenoxy) is 2. The van der Waals surface area contributed by atoms with E-state index in [0.29, 0.717) is 35.3 Å². The Kier molecular flexibility index (Phi) is 7.88. The average Bonchev–Trinajstić information content (AvgIpc) is 2.78. The standard InChI is InChI=1S/C23H22ClN3O5/c1-2-31-21-12-16(14-25-18-9-6-10-19(13-18)27(29)30)11-20(24)23(21)32-15-22(28)26-17-7-4-3-5-8-17/h3-13,25H,2,14-15H2,1H3,(H,26,28). The number of non-ortho nitro benzene ring substituents is 1. The Hall–Kier alpha value is -3.78. The molecule has 0 saturated carbocycles. The molecule has 166 valence electrons. The highest BCUT2D eigenvalue weighted by Crippen LogP contribution is 2.37. The molecule has 0 spiro atoms. The van der Waals surface area contributed by atoms with E-state index >= 15 is 0 Å². The second kappa shape index (κ2) is 11.0. The third-order valence-corrected chi connectivity index (χ3v) is 4.61. The number of nitro benzene ring substituents is 1. The van der Waals surface area contributed by atoms with Crippen LogP contribution >= 0.6 is 11.6 Å². The minimum atomic E-state index is -0.449. The van der Waals surface area contributed by atoms with Crippen molar-refractivity contribution in [1.82, 2.24) is 0 Å². The van der Waals surface area contributed by atoms with Crippen molar-refractivity contribution in [2.75, 3.05) is 23.8 Å². The van der Waals surface area contributed by atoms with E-state index in [1.165, 1.54) is 12.1 Å². The van der Waals surface area contributed by atoms with E-state index in [1.54, 1.807) is 36.4 Å². The van der Waals surface area contributed by atoms with E-state index in [1.807, 2.05) is 25.1 Å². The molecule has 32 heavy (non-hydrogen) atoms. The van der Waals surface area contributed by atoms with Crippen molar-refractivity contribution >= 4 is 34.6 Å². The van der Waals surface area contributed by atoms with Crippen molar-refractivity contribution < 1.29 is 19.2 Å². The van der Waals surface area contributed by atoms with E-state index in [2.05, 4.69) is 10.6 Å². The maximum absolute atomic E-state index is 12.2. The van der Waals surface area contributed by atoms with Gasteiger partial charge in [-0.1, -0.05) is 35.9 Å². The number of carbonyl (C=O) groups is 1. The molecule has 0 radical (unpaired) electrons. The number of amides is 1. The van der Waals surface area contributed by atoms with Gasteiger partial charge in [-0.2, -0.15) is 0 Å². The minimum Gasteiger partial charge on any atom is -0.490 e. The molecule has 0 heterocycles. The summed E-state index contributed by atoms with van der Waals surface area (Å²) < 4.78 is 11.3. The molecule has 3 rings (SSSR count). The van der Waals surface area contributed by atoms with Crippen LogP contribution in [0.15, 0.2) is 66.7 Å². The van der Waals surface area contributed by atoms with Crippen molar-refractivity contribution in [2.24, 2.45) is 0 Å². The summed E-state index contributed by atoms with van der Waals surface area (Å²) in [5, 5.41) is 17.1. The molecule has 9 heteroatoms. The fourth-order valence-corrected chi connectivity index (χ4v) is 3.20. The highest BCUT2D eigenvalue weighted by Gasteiger charge is 2.15. The van der Waals surface area contributed by atoms with Crippen LogP contribution in [-0.2, 0) is 11.3 Å². The molecule has 3 aromatic carbocycles. The molecule has 0 aliphatic rings. The zero-order valence-electron chi connectivity index (χ0n) is 17.3. The molecule has 0 aliphatic carbocycles. The number of nitro groups is 1. The number of rotatable bonds is 10. The van der Waals surface area contributed by atoms with Gasteiger partial charge in [0, 0.05) is 30.1 Å². The number of halogens is 1. The number of anilines is 2. The quantitative estimate of drug-likeness (QED) is 0.318. The molecule has 0 aromatic heterocycles. The van der Waals surface area contributed by atoms with Gasteiger partial charge in [0.25, 0.3) is 11.6 Å². The first kappa shape index (κ1) is 22.9. The molecule has 0 fully saturated rings. The lowest BCUT2D eigenvalue weighted by Crippen LogP contribution is -2.20. The second-order valence-electron chi connectivity index (χ2n) is 6.70. The van der Waals surface area contributed by atoms with E-state index < -0.39 is 4.92 Å². The van der Waals surface area contributed by atoms with Crippen LogP contribution in [0, 0.1) is 10.1 Å². The summed E-state index contributed by atoms with van der Waals surface area (Å²) in [4.78, 5) is 22.7. The fourth-order valence-electron chi connectivity index (χ4n) is 2.92. The monoisotopic (exact) mass is 455 g/mol. The van der Waals surface area contributed by atoms with E-state index in [-0.39, 0.29) is 24.0 Å². The Bertz CT molecular complexity index is 1090. The molecular formula is C23H22ClN3O5. The Morgan fingerprint density at radius 3 is 2.50 bits per heavy atom. The third kappa shape index (κ3) is 6.36. The summed E-state index contributed by atoms with van der Waals surface area (Å²) >= 11 is 6.41. The molecule has 8 nitrogen and oxygen atoms in total. The largest absolute Gasteiger partial charge is 0.490 e. The highest BCUT2D eigenvalue weighted by molar-refractivity contribution is 6.32. The summed E-state index contributed by atoms with van der Waals surface area (Å²) in [5.41, 5.74) is 2.05. The third-order valence-electron chi connectivity index (χ3n) is 4.33. The van der Waals surface area contributed by atoms with Gasteiger partial charge in [-0.05, 0) is 42.8 Å². The Morgan fingerprint density at radius 2 is 1.78 bits per heavy atom. The van der Waals surface area contributed by atoms with E-state index in [9.17, 15) is 14.9 Å². The van der Waals surface area contributed by atoms with Crippen molar-refractivity contribution in [2.45, 2.75) is 13.5 Å². The van der Waals surface area contributed by atoms with Gasteiger partial charge in [0.15, 0.2) is 18.1 Å². The SMILES string of the molecule is CCOc1cc(CNc2cccc([N+](=O)[O-])c2)cc(Cl)c1OCC(=O)Nc1ccccc1. The van der Waals surface area contributed by atoms with Gasteiger partial charge in [-0.15, -0.1) is 0 Å². The number of nitrogens with zero attached hydrogens (tertiary/aromatic N) is 1. The van der Waals surface area contributed by atoms with Crippen LogP contribution in [0.5, 0.6) is 11.5 Å². The number of hydrogen-bond acceptors (Lipinski definition) is 6. The molecule has 0 bridgehead atoms. The predicted octanol–water partition coefficient (Wildman–Crippen LogP) is 5.28. The van der Waals surface area contributed by atoms with Gasteiger partial charge < -0.3 is 20.1 Å². The molecule has 3 aromatic rings. The maximum Gasteiger partial charge on any atom is 0.271 e. The first-order valence-electron chi connectivity index (χ1n) is 9.87. The van der Waals surface area contributed by atoms with Crippen molar-refractivity contribution in [3.8, 4) is 11.5 Å². The summed E-state index contributed by atoms with van der Waals surface area (Å²) in [5.74, 6) is 0.352. The number of carbonyl (C=O) groups excluding carboxylic acids is 1. The summed E-state index contributed by atoms with van der Waals surface area (Å²) in [6.07, 6.45) is 0. The lowest BCUT2D eigenvalue weighted by atomic mass is 10.2. The highest BCUT2D eigenvalue weighted by atomic mass is 35.5. The van der Waals surface area contributed by atoms with Crippen LogP contribution in [-0.4, -0.2) is 24.0 Å². The number of para-hydroxylation sites is 1. The number of hydrogen-bond donors (Lipinski definition) is 2. The Balaban J connectivity index is 1.68. The van der Waals surface area contributed by atoms with Crippen molar-refractivity contribution in [3.05, 3.63) is 87.4 Å². The smallest absolute Gasteiger partial charge is 0.271 e. The average molecular weight is 456 g/mol. The zero-order chi connectivity index (χ0) is 22.9. The molecule has 1 amide bonds. The summed E-state index contributed by atoms with van der Waals surface area (Å²) in [6, 6.07) is 18.7. The van der Waals surface area contributed by atoms with Crippen LogP contribution in [0.4, 0.5) is 17.1 Å². The normalized spacial score (nSPS) is 10.3. The van der Waals surface area contributed by atoms with Gasteiger partial charge in [0.2, 0.25) is 0 Å². The van der Waals surface area contributed by atoms with Gasteiger partial charge >= 0.3 is 0 Å². The number of benzene rings is 3. The van der Waals surface area contributed by atoms with Gasteiger partial charge in [0.05, 0.1) is 16.6 Å².